The highest BCUT2D eigenvalue weighted by Crippen LogP contribution is 2.26. The summed E-state index contributed by atoms with van der Waals surface area (Å²) in [6.45, 7) is 11.9. The van der Waals surface area contributed by atoms with Crippen LogP contribution in [0.4, 0.5) is 4.79 Å². The molecule has 1 saturated heterocycles. The number of carbonyl (C=O) groups is 2. The molecule has 226 valence electrons. The Bertz CT molecular complexity index is 1440. The fourth-order valence-electron chi connectivity index (χ4n) is 4.73. The van der Waals surface area contributed by atoms with Crippen molar-refractivity contribution in [3.8, 4) is 5.75 Å². The molecule has 3 aromatic rings. The quantitative estimate of drug-likeness (QED) is 0.240. The van der Waals surface area contributed by atoms with Crippen molar-refractivity contribution in [2.45, 2.75) is 52.7 Å². The Morgan fingerprint density at radius 3 is 2.33 bits per heavy atom. The maximum Gasteiger partial charge on any atom is 0.407 e. The minimum absolute atomic E-state index is 0.184. The second-order valence-electron chi connectivity index (χ2n) is 11.8. The van der Waals surface area contributed by atoms with Crippen LogP contribution in [0.2, 0.25) is 0 Å². The van der Waals surface area contributed by atoms with Crippen molar-refractivity contribution < 1.29 is 24.4 Å². The average molecular weight is 585 g/mol. The number of nitrogens with two attached hydrogens (primary N) is 1. The van der Waals surface area contributed by atoms with Gasteiger partial charge in [0.1, 0.15) is 18.0 Å². The highest BCUT2D eigenvalue weighted by Gasteiger charge is 2.32. The molecule has 1 aliphatic rings. The molecule has 2 amide bonds. The average Bonchev–Trinajstić information content (AvgIpc) is 2.98. The van der Waals surface area contributed by atoms with E-state index < -0.39 is 11.7 Å². The van der Waals surface area contributed by atoms with Gasteiger partial charge in [-0.25, -0.2) is 4.79 Å². The normalized spacial score (nSPS) is 14.8. The highest BCUT2D eigenvalue weighted by molar-refractivity contribution is 6.33. The highest BCUT2D eigenvalue weighted by atomic mass is 16.6. The van der Waals surface area contributed by atoms with E-state index in [0.29, 0.717) is 54.7 Å². The summed E-state index contributed by atoms with van der Waals surface area (Å²) in [5.41, 5.74) is 4.40. The van der Waals surface area contributed by atoms with E-state index in [-0.39, 0.29) is 18.2 Å². The third-order valence-corrected chi connectivity index (χ3v) is 7.00. The molecule has 0 saturated carbocycles. The summed E-state index contributed by atoms with van der Waals surface area (Å²) in [5.74, 6) is 0.993. The molecule has 2 aromatic carbocycles. The molecule has 0 unspecified atom stereocenters. The number of rotatable bonds is 10. The van der Waals surface area contributed by atoms with Gasteiger partial charge < -0.3 is 25.0 Å². The Balaban J connectivity index is 1.53. The summed E-state index contributed by atoms with van der Waals surface area (Å²) < 4.78 is 11.3. The summed E-state index contributed by atoms with van der Waals surface area (Å²) in [5, 5.41) is 13.7. The van der Waals surface area contributed by atoms with Gasteiger partial charge in [-0.3, -0.25) is 15.2 Å². The number of benzene rings is 2. The lowest BCUT2D eigenvalue weighted by Crippen LogP contribution is -2.89. The van der Waals surface area contributed by atoms with Crippen molar-refractivity contribution in [1.82, 2.24) is 15.2 Å². The van der Waals surface area contributed by atoms with Gasteiger partial charge in [-0.05, 0) is 67.6 Å². The van der Waals surface area contributed by atoms with Gasteiger partial charge in [0.05, 0.1) is 24.4 Å². The third kappa shape index (κ3) is 8.75. The second-order valence-corrected chi connectivity index (χ2v) is 11.8. The minimum Gasteiger partial charge on any atom is -0.489 e. The summed E-state index contributed by atoms with van der Waals surface area (Å²) in [6, 6.07) is 19.5. The Kier molecular flexibility index (Phi) is 10.3. The monoisotopic (exact) mass is 584 g/mol. The number of quaternary nitrogens is 1. The molecule has 4 N–H and O–H groups in total. The van der Waals surface area contributed by atoms with Gasteiger partial charge in [0.15, 0.2) is 0 Å². The van der Waals surface area contributed by atoms with Crippen LogP contribution in [-0.2, 0) is 16.1 Å². The van der Waals surface area contributed by atoms with E-state index in [9.17, 15) is 9.59 Å². The van der Waals surface area contributed by atoms with Gasteiger partial charge >= 0.3 is 12.0 Å². The summed E-state index contributed by atoms with van der Waals surface area (Å²) in [6.07, 6.45) is 2.75. The van der Waals surface area contributed by atoms with Crippen molar-refractivity contribution >= 4 is 23.3 Å². The van der Waals surface area contributed by atoms with E-state index in [4.69, 9.17) is 14.9 Å². The fraction of sp³-hybridized carbons (Fsp3) is 0.353. The fourth-order valence-corrected chi connectivity index (χ4v) is 4.73. The van der Waals surface area contributed by atoms with Crippen LogP contribution < -0.4 is 15.4 Å². The molecule has 2 heterocycles. The Hall–Kier alpha value is -4.50. The van der Waals surface area contributed by atoms with Crippen molar-refractivity contribution in [2.24, 2.45) is 0 Å². The molecule has 9 heteroatoms. The molecule has 1 aromatic heterocycles. The van der Waals surface area contributed by atoms with Crippen molar-refractivity contribution in [3.05, 3.63) is 101 Å². The first-order chi connectivity index (χ1) is 20.5. The van der Waals surface area contributed by atoms with E-state index in [1.54, 1.807) is 50.2 Å². The van der Waals surface area contributed by atoms with E-state index in [0.717, 1.165) is 11.1 Å². The van der Waals surface area contributed by atoms with Crippen molar-refractivity contribution in [2.75, 3.05) is 26.2 Å². The summed E-state index contributed by atoms with van der Waals surface area (Å²) >= 11 is 0. The van der Waals surface area contributed by atoms with E-state index in [1.165, 1.54) is 5.56 Å². The van der Waals surface area contributed by atoms with E-state index >= 15 is 0 Å². The van der Waals surface area contributed by atoms with Crippen LogP contribution in [0.25, 0.3) is 5.57 Å². The smallest absolute Gasteiger partial charge is 0.407 e. The molecular formula is C34H42N5O4+. The number of ether oxygens (including phenoxy) is 2. The molecule has 9 nitrogen and oxygen atoms in total. The first-order valence-electron chi connectivity index (χ1n) is 14.7. The summed E-state index contributed by atoms with van der Waals surface area (Å²) in [4.78, 5) is 31.6. The zero-order valence-corrected chi connectivity index (χ0v) is 25.6. The predicted molar refractivity (Wildman–Crippen MR) is 167 cm³/mol. The molecule has 1 fully saturated rings. The molecular weight excluding hydrogens is 542 g/mol. The number of amides is 2. The third-order valence-electron chi connectivity index (χ3n) is 7.00. The zero-order chi connectivity index (χ0) is 31.0. The van der Waals surface area contributed by atoms with Crippen LogP contribution in [0.5, 0.6) is 5.75 Å². The topological polar surface area (TPSA) is 121 Å². The Morgan fingerprint density at radius 1 is 1.02 bits per heavy atom. The lowest BCUT2D eigenvalue weighted by atomic mass is 9.93. The van der Waals surface area contributed by atoms with Crippen LogP contribution in [-0.4, -0.2) is 59.4 Å². The molecule has 0 bridgehead atoms. The SMILES string of the molecule is CC(C)c1ccc(COc2ccc(C(C(=N)c3ccncc3)=C3[NH2+]CCN(CCNC(=O)OC(C)(C)C)C3=O)cc2)cc1. The lowest BCUT2D eigenvalue weighted by molar-refractivity contribution is -0.605. The molecule has 43 heavy (non-hydrogen) atoms. The number of allylic oxidation sites excluding steroid dienone is 1. The molecule has 1 aliphatic heterocycles. The molecule has 0 radical (unpaired) electrons. The van der Waals surface area contributed by atoms with Gasteiger partial charge in [-0.2, -0.15) is 0 Å². The molecule has 4 rings (SSSR count). The zero-order valence-electron chi connectivity index (χ0n) is 25.6. The number of alkyl carbamates (subject to hydrolysis) is 1. The van der Waals surface area contributed by atoms with Gasteiger partial charge in [-0.15, -0.1) is 0 Å². The van der Waals surface area contributed by atoms with E-state index in [2.05, 4.69) is 48.4 Å². The number of nitrogens with zero attached hydrogens (tertiary/aromatic N) is 2. The lowest BCUT2D eigenvalue weighted by Gasteiger charge is -2.28. The number of piperazine rings is 1. The van der Waals surface area contributed by atoms with Crippen LogP contribution in [0, 0.1) is 5.41 Å². The molecule has 0 aliphatic carbocycles. The standard InChI is InChI=1S/C34H41N5O4/c1-23(2)25-8-6-24(7-9-25)22-42-28-12-10-26(11-13-28)29(30(35)27-14-16-36-17-15-27)31-32(40)39(20-18-37-31)21-19-38-33(41)43-34(3,4)5/h6-17,23,35,37H,18-22H2,1-5H3,(H,38,41)/p+1. The van der Waals surface area contributed by atoms with Crippen LogP contribution >= 0.6 is 0 Å². The first kappa shape index (κ1) is 31.4. The number of hydrogen-bond donors (Lipinski definition) is 3. The minimum atomic E-state index is -0.599. The van der Waals surface area contributed by atoms with Crippen molar-refractivity contribution in [3.63, 3.8) is 0 Å². The number of nitrogens with one attached hydrogen (secondary N) is 2. The van der Waals surface area contributed by atoms with Crippen molar-refractivity contribution in [1.29, 1.82) is 5.41 Å². The predicted octanol–water partition coefficient (Wildman–Crippen LogP) is 4.49. The summed E-state index contributed by atoms with van der Waals surface area (Å²) in [7, 11) is 0. The van der Waals surface area contributed by atoms with Crippen LogP contribution in [0.15, 0.2) is 78.8 Å². The van der Waals surface area contributed by atoms with Gasteiger partial charge in [0.25, 0.3) is 0 Å². The number of carbonyl (C=O) groups excluding carboxylic acids is 2. The maximum atomic E-state index is 13.7. The number of hydrogen-bond acceptors (Lipinski definition) is 6. The van der Waals surface area contributed by atoms with Gasteiger partial charge in [0.2, 0.25) is 5.70 Å². The van der Waals surface area contributed by atoms with Crippen LogP contribution in [0.3, 0.4) is 0 Å². The van der Waals surface area contributed by atoms with Gasteiger partial charge in [-0.1, -0.05) is 50.2 Å². The molecule has 0 spiro atoms. The maximum absolute atomic E-state index is 13.7. The molecule has 0 atom stereocenters. The van der Waals surface area contributed by atoms with E-state index in [1.807, 2.05) is 29.6 Å². The first-order valence-corrected chi connectivity index (χ1v) is 14.7. The Labute approximate surface area is 253 Å². The van der Waals surface area contributed by atoms with Gasteiger partial charge in [0, 0.05) is 31.0 Å². The largest absolute Gasteiger partial charge is 0.489 e. The number of aromatic nitrogens is 1. The Morgan fingerprint density at radius 2 is 1.70 bits per heavy atom. The second kappa shape index (κ2) is 14.1. The number of pyridine rings is 1. The van der Waals surface area contributed by atoms with Crippen LogP contribution in [0.1, 0.15) is 62.8 Å².